The largest absolute Gasteiger partial charge is 0.472 e. The highest BCUT2D eigenvalue weighted by Gasteiger charge is 2.37. The maximum Gasteiger partial charge on any atom is 0.421 e. The maximum absolute atomic E-state index is 14.2. The Balaban J connectivity index is 1.39. The average molecular weight is 551 g/mol. The van der Waals surface area contributed by atoms with Gasteiger partial charge in [0.1, 0.15) is 23.8 Å². The second kappa shape index (κ2) is 10.7. The van der Waals surface area contributed by atoms with Crippen LogP contribution in [0.1, 0.15) is 41.6 Å². The van der Waals surface area contributed by atoms with Crippen LogP contribution in [-0.2, 0) is 43.6 Å². The predicted molar refractivity (Wildman–Crippen MR) is 134 cm³/mol. The standard InChI is InChI=1S/C27H27ClF4N4O2/c1-3-24-16(2)33-25(36(24)12-20-7-9-37-20)14-35-8-6-17-10-21(27(30,31)32)26(34-23(17)13-35)38-15-18-4-5-19(28)11-22(18)29/h3-5,10-11,20H,2,6-9,12-15H2,1H3/b24-3+/t20-/m0/s1. The lowest BCUT2D eigenvalue weighted by Crippen LogP contribution is -2.38. The molecule has 1 atom stereocenters. The molecule has 0 saturated carbocycles. The molecule has 2 aliphatic rings. The van der Waals surface area contributed by atoms with Crippen LogP contribution in [0.4, 0.5) is 17.6 Å². The summed E-state index contributed by atoms with van der Waals surface area (Å²) in [5.41, 5.74) is 0.122. The van der Waals surface area contributed by atoms with Gasteiger partial charge in [-0.25, -0.2) is 14.4 Å². The Hall–Kier alpha value is -2.95. The van der Waals surface area contributed by atoms with Gasteiger partial charge in [0.15, 0.2) is 0 Å². The number of pyridine rings is 1. The van der Waals surface area contributed by atoms with Crippen LogP contribution >= 0.6 is 11.6 Å². The van der Waals surface area contributed by atoms with Crippen molar-refractivity contribution in [3.05, 3.63) is 74.0 Å². The zero-order valence-electron chi connectivity index (χ0n) is 20.8. The predicted octanol–water partition coefficient (Wildman–Crippen LogP) is 4.23. The Morgan fingerprint density at radius 1 is 1.26 bits per heavy atom. The van der Waals surface area contributed by atoms with E-state index in [-0.39, 0.29) is 16.7 Å². The van der Waals surface area contributed by atoms with E-state index in [1.54, 1.807) is 0 Å². The second-order valence-corrected chi connectivity index (χ2v) is 9.91. The second-order valence-electron chi connectivity index (χ2n) is 9.47. The van der Waals surface area contributed by atoms with Gasteiger partial charge in [0, 0.05) is 30.3 Å². The number of hydrogen-bond donors (Lipinski definition) is 0. The highest BCUT2D eigenvalue weighted by atomic mass is 35.5. The van der Waals surface area contributed by atoms with Gasteiger partial charge in [0.25, 0.3) is 0 Å². The first-order chi connectivity index (χ1) is 18.1. The number of rotatable bonds is 7. The molecule has 2 aromatic heterocycles. The van der Waals surface area contributed by atoms with Crippen molar-refractivity contribution in [1.29, 1.82) is 0 Å². The molecule has 38 heavy (non-hydrogen) atoms. The summed E-state index contributed by atoms with van der Waals surface area (Å²) in [5, 5.41) is 1.80. The topological polar surface area (TPSA) is 52.4 Å². The Morgan fingerprint density at radius 3 is 2.71 bits per heavy atom. The molecule has 0 N–H and O–H groups in total. The molecule has 0 amide bonds. The molecule has 0 radical (unpaired) electrons. The summed E-state index contributed by atoms with van der Waals surface area (Å²) >= 11 is 5.77. The molecule has 4 heterocycles. The molecule has 1 aromatic carbocycles. The molecule has 3 aromatic rings. The number of halogens is 5. The van der Waals surface area contributed by atoms with Gasteiger partial charge in [0.2, 0.25) is 5.88 Å². The molecule has 0 spiro atoms. The minimum Gasteiger partial charge on any atom is -0.472 e. The molecular formula is C27H27ClF4N4O2. The number of benzene rings is 1. The zero-order chi connectivity index (χ0) is 27.0. The fraction of sp³-hybridized carbons (Fsp3) is 0.407. The number of nitrogens with zero attached hydrogens (tertiary/aromatic N) is 4. The molecule has 0 aliphatic carbocycles. The van der Waals surface area contributed by atoms with Crippen molar-refractivity contribution in [2.24, 2.45) is 0 Å². The van der Waals surface area contributed by atoms with E-state index in [1.807, 2.05) is 13.0 Å². The van der Waals surface area contributed by atoms with Gasteiger partial charge in [-0.05, 0) is 43.5 Å². The van der Waals surface area contributed by atoms with E-state index in [2.05, 4.69) is 26.0 Å². The molecule has 0 bridgehead atoms. The third kappa shape index (κ3) is 5.57. The number of imidazole rings is 1. The summed E-state index contributed by atoms with van der Waals surface area (Å²) in [6.07, 6.45) is -1.18. The summed E-state index contributed by atoms with van der Waals surface area (Å²) in [4.78, 5) is 11.0. The van der Waals surface area contributed by atoms with E-state index in [4.69, 9.17) is 21.1 Å². The van der Waals surface area contributed by atoms with Crippen LogP contribution < -0.4 is 15.4 Å². The molecule has 202 valence electrons. The summed E-state index contributed by atoms with van der Waals surface area (Å²) in [6.45, 7) is 8.36. The number of aromatic nitrogens is 3. The zero-order valence-corrected chi connectivity index (χ0v) is 21.6. The van der Waals surface area contributed by atoms with Crippen molar-refractivity contribution in [2.75, 3.05) is 13.2 Å². The van der Waals surface area contributed by atoms with Gasteiger partial charge < -0.3 is 14.0 Å². The van der Waals surface area contributed by atoms with Crippen molar-refractivity contribution >= 4 is 24.3 Å². The minimum atomic E-state index is -4.67. The minimum absolute atomic E-state index is 0.0819. The third-order valence-corrected chi connectivity index (χ3v) is 7.13. The van der Waals surface area contributed by atoms with Gasteiger partial charge in [-0.1, -0.05) is 30.3 Å². The van der Waals surface area contributed by atoms with E-state index in [0.717, 1.165) is 36.3 Å². The first kappa shape index (κ1) is 26.6. The summed E-state index contributed by atoms with van der Waals surface area (Å²) in [7, 11) is 0. The smallest absolute Gasteiger partial charge is 0.421 e. The van der Waals surface area contributed by atoms with Crippen LogP contribution in [0.25, 0.3) is 12.7 Å². The van der Waals surface area contributed by atoms with Gasteiger partial charge in [-0.2, -0.15) is 13.2 Å². The average Bonchev–Trinajstić information content (AvgIpc) is 3.12. The SMILES string of the molecule is C=c1nc(CN2CCc3cc(C(F)(F)F)c(OCc4ccc(Cl)cc4F)nc3C2)n(C[C@@H]2CCO2)/c1=C/C. The first-order valence-corrected chi connectivity index (χ1v) is 12.7. The Bertz CT molecular complexity index is 1450. The molecule has 6 nitrogen and oxygen atoms in total. The summed E-state index contributed by atoms with van der Waals surface area (Å²) in [5.74, 6) is -0.408. The van der Waals surface area contributed by atoms with E-state index < -0.39 is 30.0 Å². The van der Waals surface area contributed by atoms with Crippen LogP contribution in [0.2, 0.25) is 5.02 Å². The monoisotopic (exact) mass is 550 g/mol. The number of ether oxygens (including phenoxy) is 2. The highest BCUT2D eigenvalue weighted by molar-refractivity contribution is 6.30. The first-order valence-electron chi connectivity index (χ1n) is 12.3. The molecule has 2 aliphatic heterocycles. The van der Waals surface area contributed by atoms with Crippen LogP contribution in [0.5, 0.6) is 5.88 Å². The normalized spacial score (nSPS) is 18.4. The Kier molecular flexibility index (Phi) is 7.48. The maximum atomic E-state index is 14.2. The van der Waals surface area contributed by atoms with Crippen molar-refractivity contribution in [1.82, 2.24) is 19.4 Å². The number of hydrogen-bond acceptors (Lipinski definition) is 5. The van der Waals surface area contributed by atoms with Crippen LogP contribution in [0.15, 0.2) is 24.3 Å². The molecule has 0 unspecified atom stereocenters. The molecule has 5 rings (SSSR count). The van der Waals surface area contributed by atoms with Crippen LogP contribution in [0, 0.1) is 5.82 Å². The lowest BCUT2D eigenvalue weighted by molar-refractivity contribution is -0.139. The van der Waals surface area contributed by atoms with Crippen molar-refractivity contribution < 1.29 is 27.0 Å². The fourth-order valence-electron chi connectivity index (χ4n) is 4.78. The quantitative estimate of drug-likeness (QED) is 0.412. The van der Waals surface area contributed by atoms with E-state index in [1.165, 1.54) is 12.1 Å². The van der Waals surface area contributed by atoms with Gasteiger partial charge in [0.05, 0.1) is 35.6 Å². The van der Waals surface area contributed by atoms with Gasteiger partial charge >= 0.3 is 6.18 Å². The van der Waals surface area contributed by atoms with Crippen molar-refractivity contribution in [3.63, 3.8) is 0 Å². The molecule has 11 heteroatoms. The lowest BCUT2D eigenvalue weighted by atomic mass is 10.0. The number of alkyl halides is 3. The van der Waals surface area contributed by atoms with Crippen LogP contribution in [0.3, 0.4) is 0 Å². The highest BCUT2D eigenvalue weighted by Crippen LogP contribution is 2.38. The third-order valence-electron chi connectivity index (χ3n) is 6.89. The van der Waals surface area contributed by atoms with Crippen molar-refractivity contribution in [2.45, 2.75) is 58.3 Å². The van der Waals surface area contributed by atoms with Gasteiger partial charge in [-0.3, -0.25) is 4.90 Å². The van der Waals surface area contributed by atoms with E-state index >= 15 is 0 Å². The van der Waals surface area contributed by atoms with Crippen molar-refractivity contribution in [3.8, 4) is 5.88 Å². The lowest BCUT2D eigenvalue weighted by Gasteiger charge is -2.30. The molecule has 1 fully saturated rings. The summed E-state index contributed by atoms with van der Waals surface area (Å²) in [6, 6.07) is 5.01. The van der Waals surface area contributed by atoms with E-state index in [9.17, 15) is 17.6 Å². The fourth-order valence-corrected chi connectivity index (χ4v) is 4.94. The van der Waals surface area contributed by atoms with E-state index in [0.29, 0.717) is 49.2 Å². The Morgan fingerprint density at radius 2 is 2.05 bits per heavy atom. The summed E-state index contributed by atoms with van der Waals surface area (Å²) < 4.78 is 68.9. The van der Waals surface area contributed by atoms with Gasteiger partial charge in [-0.15, -0.1) is 0 Å². The number of fused-ring (bicyclic) bond motifs is 1. The Labute approximate surface area is 222 Å². The molecular weight excluding hydrogens is 524 g/mol. The molecule has 1 saturated heterocycles. The van der Waals surface area contributed by atoms with Crippen LogP contribution in [-0.4, -0.2) is 38.7 Å².